The van der Waals surface area contributed by atoms with Gasteiger partial charge in [0.1, 0.15) is 0 Å². The van der Waals surface area contributed by atoms with Crippen LogP contribution in [0.5, 0.6) is 0 Å². The Balaban J connectivity index is 1.42. The zero-order chi connectivity index (χ0) is 18.6. The van der Waals surface area contributed by atoms with Gasteiger partial charge in [-0.25, -0.2) is 0 Å². The molecule has 0 aliphatic carbocycles. The number of amides is 1. The Hall–Kier alpha value is -2.81. The number of hydrogen-bond donors (Lipinski definition) is 1. The summed E-state index contributed by atoms with van der Waals surface area (Å²) < 4.78 is 0. The van der Waals surface area contributed by atoms with Crippen molar-refractivity contribution in [1.29, 1.82) is 0 Å². The second kappa shape index (κ2) is 7.83. The smallest absolute Gasteiger partial charge is 0.224 e. The SMILES string of the molecule is CB1CCc2cccc(CCC(=O)Nc3cccc(-c4ccccc4)c3)c21. The normalized spacial score (nSPS) is 12.7. The number of benzene rings is 3. The Labute approximate surface area is 161 Å². The Morgan fingerprint density at radius 2 is 1.74 bits per heavy atom. The highest BCUT2D eigenvalue weighted by Crippen LogP contribution is 2.23. The van der Waals surface area contributed by atoms with Crippen LogP contribution in [0, 0.1) is 0 Å². The number of nitrogens with one attached hydrogen (secondary N) is 1. The summed E-state index contributed by atoms with van der Waals surface area (Å²) in [6.45, 7) is 2.91. The van der Waals surface area contributed by atoms with E-state index < -0.39 is 0 Å². The quantitative estimate of drug-likeness (QED) is 0.655. The van der Waals surface area contributed by atoms with E-state index in [0.717, 1.165) is 23.2 Å². The lowest BCUT2D eigenvalue weighted by Gasteiger charge is -2.12. The van der Waals surface area contributed by atoms with Crippen molar-refractivity contribution in [3.8, 4) is 11.1 Å². The molecule has 3 heteroatoms. The van der Waals surface area contributed by atoms with E-state index in [4.69, 9.17) is 0 Å². The van der Waals surface area contributed by atoms with Gasteiger partial charge >= 0.3 is 0 Å². The largest absolute Gasteiger partial charge is 0.326 e. The molecule has 1 aliphatic rings. The minimum atomic E-state index is 0.0727. The molecule has 1 amide bonds. The van der Waals surface area contributed by atoms with Crippen molar-refractivity contribution in [3.05, 3.63) is 83.9 Å². The lowest BCUT2D eigenvalue weighted by molar-refractivity contribution is -0.116. The van der Waals surface area contributed by atoms with Crippen LogP contribution in [0.4, 0.5) is 5.69 Å². The van der Waals surface area contributed by atoms with Gasteiger partial charge in [-0.15, -0.1) is 0 Å². The van der Waals surface area contributed by atoms with E-state index in [2.05, 4.69) is 48.5 Å². The van der Waals surface area contributed by atoms with E-state index in [1.54, 1.807) is 0 Å². The van der Waals surface area contributed by atoms with Gasteiger partial charge in [0.25, 0.3) is 0 Å². The second-order valence-electron chi connectivity index (χ2n) is 7.42. The molecule has 1 heterocycles. The summed E-state index contributed by atoms with van der Waals surface area (Å²) in [4.78, 5) is 12.5. The van der Waals surface area contributed by atoms with Gasteiger partial charge in [0.2, 0.25) is 5.91 Å². The maximum atomic E-state index is 12.5. The van der Waals surface area contributed by atoms with Gasteiger partial charge in [0, 0.05) is 12.1 Å². The van der Waals surface area contributed by atoms with Crippen LogP contribution in [-0.4, -0.2) is 12.6 Å². The van der Waals surface area contributed by atoms with Gasteiger partial charge in [-0.1, -0.05) is 90.4 Å². The predicted octanol–water partition coefficient (Wildman–Crippen LogP) is 4.81. The highest BCUT2D eigenvalue weighted by Gasteiger charge is 2.24. The number of aryl methyl sites for hydroxylation is 2. The highest BCUT2D eigenvalue weighted by atomic mass is 16.1. The first-order valence-corrected chi connectivity index (χ1v) is 9.77. The Bertz CT molecular complexity index is 952. The first-order chi connectivity index (χ1) is 13.2. The van der Waals surface area contributed by atoms with Crippen molar-refractivity contribution in [2.24, 2.45) is 0 Å². The van der Waals surface area contributed by atoms with Crippen LogP contribution < -0.4 is 10.8 Å². The van der Waals surface area contributed by atoms with Crippen LogP contribution in [0.25, 0.3) is 11.1 Å². The zero-order valence-electron chi connectivity index (χ0n) is 15.7. The third-order valence-corrected chi connectivity index (χ3v) is 5.50. The minimum Gasteiger partial charge on any atom is -0.326 e. The fraction of sp³-hybridized carbons (Fsp3) is 0.208. The lowest BCUT2D eigenvalue weighted by Crippen LogP contribution is -2.27. The van der Waals surface area contributed by atoms with Gasteiger partial charge in [-0.05, 0) is 36.1 Å². The van der Waals surface area contributed by atoms with Gasteiger partial charge < -0.3 is 5.32 Å². The van der Waals surface area contributed by atoms with Gasteiger partial charge in [-0.3, -0.25) is 4.79 Å². The first-order valence-electron chi connectivity index (χ1n) is 9.77. The second-order valence-corrected chi connectivity index (χ2v) is 7.42. The topological polar surface area (TPSA) is 29.1 Å². The number of carbonyl (C=O) groups excluding carboxylic acids is 1. The summed E-state index contributed by atoms with van der Waals surface area (Å²) in [6, 6.07) is 24.8. The molecule has 1 N–H and O–H groups in total. The molecule has 0 saturated heterocycles. The van der Waals surface area contributed by atoms with Crippen LogP contribution >= 0.6 is 0 Å². The Kier molecular flexibility index (Phi) is 5.11. The summed E-state index contributed by atoms with van der Waals surface area (Å²) >= 11 is 0. The highest BCUT2D eigenvalue weighted by molar-refractivity contribution is 6.74. The molecule has 0 radical (unpaired) electrons. The van der Waals surface area contributed by atoms with E-state index >= 15 is 0 Å². The van der Waals surface area contributed by atoms with E-state index in [1.807, 2.05) is 36.4 Å². The Morgan fingerprint density at radius 3 is 2.59 bits per heavy atom. The summed E-state index contributed by atoms with van der Waals surface area (Å²) in [5.74, 6) is 0.0727. The van der Waals surface area contributed by atoms with E-state index in [9.17, 15) is 4.79 Å². The molecular weight excluding hydrogens is 329 g/mol. The zero-order valence-corrected chi connectivity index (χ0v) is 15.7. The van der Waals surface area contributed by atoms with Crippen molar-refractivity contribution in [2.75, 3.05) is 5.32 Å². The third kappa shape index (κ3) is 3.98. The van der Waals surface area contributed by atoms with Gasteiger partial charge in [0.05, 0.1) is 0 Å². The molecule has 27 heavy (non-hydrogen) atoms. The average Bonchev–Trinajstić information content (AvgIpc) is 3.09. The fourth-order valence-corrected chi connectivity index (χ4v) is 4.13. The van der Waals surface area contributed by atoms with E-state index in [-0.39, 0.29) is 5.91 Å². The molecule has 3 aromatic rings. The minimum absolute atomic E-state index is 0.0727. The van der Waals surface area contributed by atoms with Crippen LogP contribution in [-0.2, 0) is 17.6 Å². The maximum Gasteiger partial charge on any atom is 0.224 e. The average molecular weight is 353 g/mol. The third-order valence-electron chi connectivity index (χ3n) is 5.50. The predicted molar refractivity (Wildman–Crippen MR) is 115 cm³/mol. The number of rotatable bonds is 5. The molecule has 0 saturated carbocycles. The van der Waals surface area contributed by atoms with E-state index in [0.29, 0.717) is 13.1 Å². The molecule has 2 nitrogen and oxygen atoms in total. The summed E-state index contributed by atoms with van der Waals surface area (Å²) in [7, 11) is 0. The van der Waals surface area contributed by atoms with Crippen LogP contribution in [0.2, 0.25) is 13.1 Å². The monoisotopic (exact) mass is 353 g/mol. The first kappa shape index (κ1) is 17.6. The van der Waals surface area contributed by atoms with Crippen molar-refractivity contribution >= 4 is 23.8 Å². The van der Waals surface area contributed by atoms with Crippen LogP contribution in [0.15, 0.2) is 72.8 Å². The molecule has 0 atom stereocenters. The standard InChI is InChI=1S/C24H24BNO/c1-25-16-15-20-10-5-9-19(24(20)25)13-14-23(27)26-22-12-6-11-21(17-22)18-7-3-2-4-8-18/h2-12,17H,13-16H2,1H3,(H,26,27). The van der Waals surface area contributed by atoms with Crippen molar-refractivity contribution in [3.63, 3.8) is 0 Å². The molecule has 0 unspecified atom stereocenters. The van der Waals surface area contributed by atoms with Gasteiger partial charge in [-0.2, -0.15) is 0 Å². The fourth-order valence-electron chi connectivity index (χ4n) is 4.13. The molecule has 0 aromatic heterocycles. The number of anilines is 1. The van der Waals surface area contributed by atoms with E-state index in [1.165, 1.54) is 29.3 Å². The van der Waals surface area contributed by atoms with Crippen molar-refractivity contribution in [2.45, 2.75) is 32.4 Å². The molecule has 3 aromatic carbocycles. The number of hydrogen-bond acceptors (Lipinski definition) is 1. The van der Waals surface area contributed by atoms with Crippen molar-refractivity contribution in [1.82, 2.24) is 0 Å². The molecule has 0 bridgehead atoms. The van der Waals surface area contributed by atoms with Crippen LogP contribution in [0.3, 0.4) is 0 Å². The van der Waals surface area contributed by atoms with Crippen molar-refractivity contribution < 1.29 is 4.79 Å². The summed E-state index contributed by atoms with van der Waals surface area (Å²) in [5, 5.41) is 3.06. The summed E-state index contributed by atoms with van der Waals surface area (Å²) in [6.07, 6.45) is 3.71. The maximum absolute atomic E-state index is 12.5. The number of fused-ring (bicyclic) bond motifs is 1. The molecule has 0 fully saturated rings. The molecule has 1 aliphatic heterocycles. The Morgan fingerprint density at radius 1 is 0.963 bits per heavy atom. The van der Waals surface area contributed by atoms with Crippen LogP contribution in [0.1, 0.15) is 17.5 Å². The molecule has 0 spiro atoms. The molecule has 134 valence electrons. The lowest BCUT2D eigenvalue weighted by atomic mass is 9.47. The molecular formula is C24H24BNO. The van der Waals surface area contributed by atoms with Gasteiger partial charge in [0.15, 0.2) is 6.71 Å². The number of carbonyl (C=O) groups is 1. The summed E-state index contributed by atoms with van der Waals surface area (Å²) in [5.41, 5.74) is 7.41. The molecule has 4 rings (SSSR count).